The molecule has 0 radical (unpaired) electrons. The van der Waals surface area contributed by atoms with Crippen molar-refractivity contribution in [3.05, 3.63) is 67.5 Å². The summed E-state index contributed by atoms with van der Waals surface area (Å²) < 4.78 is 2.05. The van der Waals surface area contributed by atoms with Crippen LogP contribution in [0.2, 0.25) is 0 Å². The molecule has 0 fully saturated rings. The Bertz CT molecular complexity index is 817. The number of halogens is 2. The number of hydrogen-bond donors (Lipinski definition) is 1. The third kappa shape index (κ3) is 3.74. The molecule has 1 heterocycles. The zero-order valence-corrected chi connectivity index (χ0v) is 15.8. The number of aromatic nitrogens is 1. The van der Waals surface area contributed by atoms with Crippen LogP contribution in [0, 0.1) is 3.57 Å². The Hall–Kier alpha value is -1.25. The van der Waals surface area contributed by atoms with E-state index in [2.05, 4.69) is 48.8 Å². The van der Waals surface area contributed by atoms with Gasteiger partial charge >= 0.3 is 0 Å². The van der Waals surface area contributed by atoms with Gasteiger partial charge in [0.25, 0.3) is 5.91 Å². The van der Waals surface area contributed by atoms with Crippen LogP contribution in [0.1, 0.15) is 10.4 Å². The molecule has 22 heavy (non-hydrogen) atoms. The Kier molecular flexibility index (Phi) is 4.90. The first-order valence-corrected chi connectivity index (χ1v) is 9.15. The van der Waals surface area contributed by atoms with Crippen LogP contribution in [0.4, 0.5) is 5.13 Å². The normalized spacial score (nSPS) is 10.5. The highest BCUT2D eigenvalue weighted by molar-refractivity contribution is 14.1. The van der Waals surface area contributed by atoms with Gasteiger partial charge in [0.2, 0.25) is 0 Å². The second-order valence-corrected chi connectivity index (χ2v) is 7.53. The zero-order valence-electron chi connectivity index (χ0n) is 11.2. The summed E-state index contributed by atoms with van der Waals surface area (Å²) in [7, 11) is 0. The van der Waals surface area contributed by atoms with Crippen molar-refractivity contribution >= 4 is 60.9 Å². The van der Waals surface area contributed by atoms with Crippen molar-refractivity contribution < 1.29 is 4.79 Å². The minimum atomic E-state index is -0.162. The van der Waals surface area contributed by atoms with Gasteiger partial charge in [-0.05, 0) is 52.9 Å². The highest BCUT2D eigenvalue weighted by atomic mass is 127. The maximum Gasteiger partial charge on any atom is 0.257 e. The molecule has 2 aromatic carbocycles. The van der Waals surface area contributed by atoms with Crippen molar-refractivity contribution in [1.29, 1.82) is 0 Å². The Balaban J connectivity index is 1.77. The summed E-state index contributed by atoms with van der Waals surface area (Å²) in [6.45, 7) is 0. The molecule has 1 amide bonds. The summed E-state index contributed by atoms with van der Waals surface area (Å²) in [6.07, 6.45) is 0. The molecule has 1 aromatic heterocycles. The number of hydrogen-bond acceptors (Lipinski definition) is 3. The molecule has 0 aliphatic carbocycles. The summed E-state index contributed by atoms with van der Waals surface area (Å²) in [6, 6.07) is 15.4. The van der Waals surface area contributed by atoms with Gasteiger partial charge < -0.3 is 0 Å². The minimum absolute atomic E-state index is 0.162. The Morgan fingerprint density at radius 3 is 2.68 bits per heavy atom. The van der Waals surface area contributed by atoms with E-state index in [0.717, 1.165) is 15.7 Å². The smallest absolute Gasteiger partial charge is 0.257 e. The van der Waals surface area contributed by atoms with Crippen molar-refractivity contribution in [2.45, 2.75) is 0 Å². The average Bonchev–Trinajstić information content (AvgIpc) is 2.96. The largest absolute Gasteiger partial charge is 0.298 e. The Morgan fingerprint density at radius 2 is 1.95 bits per heavy atom. The molecule has 0 saturated carbocycles. The van der Waals surface area contributed by atoms with Gasteiger partial charge in [0.1, 0.15) is 0 Å². The van der Waals surface area contributed by atoms with Crippen molar-refractivity contribution in [3.63, 3.8) is 0 Å². The molecular formula is C16H10BrIN2OS. The van der Waals surface area contributed by atoms with E-state index in [4.69, 9.17) is 0 Å². The molecule has 110 valence electrons. The van der Waals surface area contributed by atoms with E-state index in [1.165, 1.54) is 14.9 Å². The average molecular weight is 485 g/mol. The van der Waals surface area contributed by atoms with E-state index >= 15 is 0 Å². The molecule has 0 unspecified atom stereocenters. The van der Waals surface area contributed by atoms with Gasteiger partial charge in [0.15, 0.2) is 5.13 Å². The van der Waals surface area contributed by atoms with Crippen molar-refractivity contribution in [3.8, 4) is 11.3 Å². The Labute approximate surface area is 154 Å². The highest BCUT2D eigenvalue weighted by Crippen LogP contribution is 2.26. The fourth-order valence-electron chi connectivity index (χ4n) is 1.88. The van der Waals surface area contributed by atoms with Crippen LogP contribution in [0.3, 0.4) is 0 Å². The second kappa shape index (κ2) is 6.89. The van der Waals surface area contributed by atoms with Crippen molar-refractivity contribution in [2.75, 3.05) is 5.32 Å². The quantitative estimate of drug-likeness (QED) is 0.503. The summed E-state index contributed by atoms with van der Waals surface area (Å²) >= 11 is 7.05. The van der Waals surface area contributed by atoms with E-state index in [-0.39, 0.29) is 5.91 Å². The molecule has 0 atom stereocenters. The lowest BCUT2D eigenvalue weighted by Crippen LogP contribution is -2.11. The number of carbonyl (C=O) groups is 1. The monoisotopic (exact) mass is 484 g/mol. The summed E-state index contributed by atoms with van der Waals surface area (Å²) in [5.41, 5.74) is 2.51. The first-order chi connectivity index (χ1) is 10.6. The number of thiazole rings is 1. The lowest BCUT2D eigenvalue weighted by atomic mass is 10.2. The molecule has 6 heteroatoms. The van der Waals surface area contributed by atoms with Crippen LogP contribution in [0.15, 0.2) is 58.4 Å². The van der Waals surface area contributed by atoms with Crippen molar-refractivity contribution in [2.24, 2.45) is 0 Å². The number of nitrogens with one attached hydrogen (secondary N) is 1. The predicted octanol–water partition coefficient (Wildman–Crippen LogP) is 5.43. The van der Waals surface area contributed by atoms with Crippen LogP contribution < -0.4 is 5.32 Å². The van der Waals surface area contributed by atoms with Gasteiger partial charge in [-0.3, -0.25) is 10.1 Å². The van der Waals surface area contributed by atoms with Gasteiger partial charge in [-0.15, -0.1) is 11.3 Å². The number of anilines is 1. The molecule has 0 bridgehead atoms. The third-order valence-electron chi connectivity index (χ3n) is 2.95. The first-order valence-electron chi connectivity index (χ1n) is 6.40. The van der Waals surface area contributed by atoms with Crippen LogP contribution in [-0.2, 0) is 0 Å². The van der Waals surface area contributed by atoms with Crippen LogP contribution in [-0.4, -0.2) is 10.9 Å². The predicted molar refractivity (Wildman–Crippen MR) is 102 cm³/mol. The fourth-order valence-corrected chi connectivity index (χ4v) is 3.36. The van der Waals surface area contributed by atoms with E-state index < -0.39 is 0 Å². The molecule has 3 nitrogen and oxygen atoms in total. The first kappa shape index (κ1) is 15.6. The van der Waals surface area contributed by atoms with E-state index in [9.17, 15) is 4.79 Å². The minimum Gasteiger partial charge on any atom is -0.298 e. The van der Waals surface area contributed by atoms with Gasteiger partial charge in [0.05, 0.1) is 5.69 Å². The number of nitrogens with zero attached hydrogens (tertiary/aromatic N) is 1. The summed E-state index contributed by atoms with van der Waals surface area (Å²) in [4.78, 5) is 16.7. The van der Waals surface area contributed by atoms with Gasteiger partial charge in [-0.2, -0.15) is 0 Å². The summed E-state index contributed by atoms with van der Waals surface area (Å²) in [5.74, 6) is -0.162. The molecule has 0 aliphatic rings. The molecule has 0 spiro atoms. The highest BCUT2D eigenvalue weighted by Gasteiger charge is 2.10. The zero-order chi connectivity index (χ0) is 15.5. The maximum atomic E-state index is 12.2. The number of benzene rings is 2. The number of amides is 1. The van der Waals surface area contributed by atoms with Crippen LogP contribution in [0.5, 0.6) is 0 Å². The molecule has 1 N–H and O–H groups in total. The molecule has 3 rings (SSSR count). The molecule has 0 saturated heterocycles. The second-order valence-electron chi connectivity index (χ2n) is 4.51. The lowest BCUT2D eigenvalue weighted by Gasteiger charge is -2.02. The fraction of sp³-hybridized carbons (Fsp3) is 0. The number of carbonyl (C=O) groups excluding carboxylic acids is 1. The Morgan fingerprint density at radius 1 is 1.18 bits per heavy atom. The van der Waals surface area contributed by atoms with Crippen LogP contribution in [0.25, 0.3) is 11.3 Å². The molecule has 3 aromatic rings. The molecular weight excluding hydrogens is 475 g/mol. The third-order valence-corrected chi connectivity index (χ3v) is 4.92. The van der Waals surface area contributed by atoms with Crippen LogP contribution >= 0.6 is 49.9 Å². The maximum absolute atomic E-state index is 12.2. The van der Waals surface area contributed by atoms with Gasteiger partial charge in [-0.1, -0.05) is 34.1 Å². The van der Waals surface area contributed by atoms with E-state index in [1.807, 2.05) is 41.8 Å². The number of rotatable bonds is 3. The standard InChI is InChI=1S/C16H10BrIN2OS/c17-12-3-1-2-11(8-12)15(21)20-16-19-14(9-22-16)10-4-6-13(18)7-5-10/h1-9H,(H,19,20,21). The van der Waals surface area contributed by atoms with Gasteiger partial charge in [-0.25, -0.2) is 4.98 Å². The topological polar surface area (TPSA) is 42.0 Å². The molecule has 0 aliphatic heterocycles. The van der Waals surface area contributed by atoms with E-state index in [0.29, 0.717) is 10.7 Å². The van der Waals surface area contributed by atoms with Gasteiger partial charge in [0, 0.05) is 24.5 Å². The lowest BCUT2D eigenvalue weighted by molar-refractivity contribution is 0.102. The van der Waals surface area contributed by atoms with Crippen molar-refractivity contribution in [1.82, 2.24) is 4.98 Å². The SMILES string of the molecule is O=C(Nc1nc(-c2ccc(I)cc2)cs1)c1cccc(Br)c1. The summed E-state index contributed by atoms with van der Waals surface area (Å²) in [5, 5.41) is 5.37. The van der Waals surface area contributed by atoms with E-state index in [1.54, 1.807) is 12.1 Å².